The quantitative estimate of drug-likeness (QED) is 0.888. The summed E-state index contributed by atoms with van der Waals surface area (Å²) in [5, 5.41) is 0. The van der Waals surface area contributed by atoms with Gasteiger partial charge in [0.05, 0.1) is 0 Å². The number of carbonyl (C=O) groups is 1. The van der Waals surface area contributed by atoms with Crippen molar-refractivity contribution in [2.45, 2.75) is 51.7 Å². The number of carbonyl (C=O) groups excluding carboxylic acids is 1. The maximum atomic E-state index is 12.6. The first-order chi connectivity index (χ1) is 8.65. The Hall–Kier alpha value is -1.29. The molecule has 0 radical (unpaired) electrons. The third kappa shape index (κ3) is 2.43. The van der Waals surface area contributed by atoms with Crippen LogP contribution >= 0.6 is 0 Å². The van der Waals surface area contributed by atoms with Gasteiger partial charge in [-0.1, -0.05) is 0 Å². The van der Waals surface area contributed by atoms with Crippen molar-refractivity contribution in [3.8, 4) is 0 Å². The molecule has 1 aliphatic heterocycles. The van der Waals surface area contributed by atoms with Gasteiger partial charge >= 0.3 is 0 Å². The van der Waals surface area contributed by atoms with Gasteiger partial charge in [0.1, 0.15) is 5.69 Å². The molecule has 0 aliphatic carbocycles. The van der Waals surface area contributed by atoms with Gasteiger partial charge in [0, 0.05) is 31.4 Å². The van der Waals surface area contributed by atoms with Gasteiger partial charge in [0.2, 0.25) is 0 Å². The molecule has 1 aromatic rings. The molecule has 2 unspecified atom stereocenters. The van der Waals surface area contributed by atoms with E-state index in [2.05, 4.69) is 6.92 Å². The Morgan fingerprint density at radius 2 is 2.33 bits per heavy atom. The van der Waals surface area contributed by atoms with Crippen molar-refractivity contribution in [3.05, 3.63) is 24.0 Å². The minimum absolute atomic E-state index is 0.0410. The van der Waals surface area contributed by atoms with Crippen LogP contribution in [0, 0.1) is 0 Å². The lowest BCUT2D eigenvalue weighted by Crippen LogP contribution is -2.52. The summed E-state index contributed by atoms with van der Waals surface area (Å²) in [5.74, 6) is 0.129. The van der Waals surface area contributed by atoms with Crippen LogP contribution < -0.4 is 5.73 Å². The number of aromatic nitrogens is 1. The highest BCUT2D eigenvalue weighted by molar-refractivity contribution is 5.93. The average Bonchev–Trinajstić information content (AvgIpc) is 2.86. The number of nitrogens with zero attached hydrogens (tertiary/aromatic N) is 2. The number of hydrogen-bond acceptors (Lipinski definition) is 2. The molecule has 4 heteroatoms. The van der Waals surface area contributed by atoms with Crippen LogP contribution in [0.25, 0.3) is 0 Å². The Morgan fingerprint density at radius 3 is 3.00 bits per heavy atom. The fourth-order valence-corrected chi connectivity index (χ4v) is 2.79. The van der Waals surface area contributed by atoms with Crippen molar-refractivity contribution in [1.29, 1.82) is 0 Å². The Balaban J connectivity index is 2.21. The third-order valence-corrected chi connectivity index (χ3v) is 3.81. The number of aryl methyl sites for hydroxylation is 1. The summed E-state index contributed by atoms with van der Waals surface area (Å²) in [6.07, 6.45) is 5.24. The van der Waals surface area contributed by atoms with Gasteiger partial charge in [-0.3, -0.25) is 4.79 Å². The van der Waals surface area contributed by atoms with E-state index in [1.165, 1.54) is 6.42 Å². The highest BCUT2D eigenvalue weighted by atomic mass is 16.2. The molecule has 0 aromatic carbocycles. The lowest BCUT2D eigenvalue weighted by Gasteiger charge is -2.38. The van der Waals surface area contributed by atoms with Gasteiger partial charge in [-0.25, -0.2) is 0 Å². The average molecular weight is 249 g/mol. The topological polar surface area (TPSA) is 51.3 Å². The normalized spacial score (nSPS) is 21.9. The molecule has 18 heavy (non-hydrogen) atoms. The van der Waals surface area contributed by atoms with E-state index in [9.17, 15) is 4.79 Å². The van der Waals surface area contributed by atoms with Crippen LogP contribution in [0.5, 0.6) is 0 Å². The van der Waals surface area contributed by atoms with Crippen LogP contribution in [0.1, 0.15) is 43.6 Å². The van der Waals surface area contributed by atoms with Crippen LogP contribution in [0.4, 0.5) is 0 Å². The maximum Gasteiger partial charge on any atom is 0.270 e. The van der Waals surface area contributed by atoms with Crippen molar-refractivity contribution in [2.75, 3.05) is 6.54 Å². The predicted molar refractivity (Wildman–Crippen MR) is 72.4 cm³/mol. The first kappa shape index (κ1) is 13.1. The second-order valence-electron chi connectivity index (χ2n) is 5.10. The number of likely N-dealkylation sites (tertiary alicyclic amines) is 1. The van der Waals surface area contributed by atoms with E-state index in [0.717, 1.165) is 31.6 Å². The first-order valence-electron chi connectivity index (χ1n) is 6.86. The minimum Gasteiger partial charge on any atom is -0.344 e. The van der Waals surface area contributed by atoms with E-state index in [1.54, 1.807) is 0 Å². The Labute approximate surface area is 109 Å². The predicted octanol–water partition coefficient (Wildman–Crippen LogP) is 1.85. The number of nitrogens with two attached hydrogens (primary N) is 1. The zero-order chi connectivity index (χ0) is 13.1. The Bertz CT molecular complexity index is 411. The largest absolute Gasteiger partial charge is 0.344 e. The fraction of sp³-hybridized carbons (Fsp3) is 0.643. The smallest absolute Gasteiger partial charge is 0.270 e. The molecule has 0 spiro atoms. The molecule has 2 N–H and O–H groups in total. The summed E-state index contributed by atoms with van der Waals surface area (Å²) in [4.78, 5) is 14.6. The molecule has 4 nitrogen and oxygen atoms in total. The van der Waals surface area contributed by atoms with Crippen molar-refractivity contribution in [2.24, 2.45) is 5.73 Å². The van der Waals surface area contributed by atoms with Gasteiger partial charge in [0.15, 0.2) is 0 Å². The van der Waals surface area contributed by atoms with Crippen molar-refractivity contribution in [3.63, 3.8) is 0 Å². The molecular weight excluding hydrogens is 226 g/mol. The lowest BCUT2D eigenvalue weighted by atomic mass is 9.96. The second kappa shape index (κ2) is 5.57. The molecule has 2 heterocycles. The van der Waals surface area contributed by atoms with Gasteiger partial charge in [-0.2, -0.15) is 0 Å². The summed E-state index contributed by atoms with van der Waals surface area (Å²) in [6.45, 7) is 5.70. The minimum atomic E-state index is 0.0410. The Morgan fingerprint density at radius 1 is 1.56 bits per heavy atom. The summed E-state index contributed by atoms with van der Waals surface area (Å²) in [5.41, 5.74) is 6.80. The van der Waals surface area contributed by atoms with Crippen LogP contribution in [0.2, 0.25) is 0 Å². The molecule has 2 rings (SSSR count). The summed E-state index contributed by atoms with van der Waals surface area (Å²) < 4.78 is 2.00. The molecule has 1 aliphatic rings. The molecule has 0 saturated carbocycles. The van der Waals surface area contributed by atoms with Gasteiger partial charge < -0.3 is 15.2 Å². The van der Waals surface area contributed by atoms with E-state index >= 15 is 0 Å². The summed E-state index contributed by atoms with van der Waals surface area (Å²) in [7, 11) is 0. The third-order valence-electron chi connectivity index (χ3n) is 3.81. The molecular formula is C14H23N3O. The van der Waals surface area contributed by atoms with Gasteiger partial charge in [0.25, 0.3) is 5.91 Å². The zero-order valence-electron chi connectivity index (χ0n) is 11.3. The molecule has 1 saturated heterocycles. The van der Waals surface area contributed by atoms with E-state index in [1.807, 2.05) is 34.7 Å². The standard InChI is InChI=1S/C14H23N3O/c1-3-16-9-6-8-13(16)14(18)17-10-5-4-7-12(17)11(2)15/h6,8-9,11-12H,3-5,7,10,15H2,1-2H3. The van der Waals surface area contributed by atoms with Crippen molar-refractivity contribution < 1.29 is 4.79 Å². The van der Waals surface area contributed by atoms with E-state index in [-0.39, 0.29) is 18.0 Å². The number of rotatable bonds is 3. The van der Waals surface area contributed by atoms with Crippen molar-refractivity contribution in [1.82, 2.24) is 9.47 Å². The number of piperidine rings is 1. The Kier molecular flexibility index (Phi) is 4.07. The van der Waals surface area contributed by atoms with Crippen LogP contribution in [-0.2, 0) is 6.54 Å². The molecule has 0 bridgehead atoms. The van der Waals surface area contributed by atoms with Crippen LogP contribution in [0.3, 0.4) is 0 Å². The second-order valence-corrected chi connectivity index (χ2v) is 5.10. The molecule has 1 amide bonds. The van der Waals surface area contributed by atoms with Crippen LogP contribution in [-0.4, -0.2) is 34.0 Å². The molecule has 2 atom stereocenters. The summed E-state index contributed by atoms with van der Waals surface area (Å²) >= 11 is 0. The summed E-state index contributed by atoms with van der Waals surface area (Å²) in [6, 6.07) is 4.06. The highest BCUT2D eigenvalue weighted by Gasteiger charge is 2.30. The molecule has 1 fully saturated rings. The zero-order valence-corrected chi connectivity index (χ0v) is 11.3. The van der Waals surface area contributed by atoms with Crippen molar-refractivity contribution >= 4 is 5.91 Å². The lowest BCUT2D eigenvalue weighted by molar-refractivity contribution is 0.0573. The van der Waals surface area contributed by atoms with Gasteiger partial charge in [-0.05, 0) is 45.2 Å². The van der Waals surface area contributed by atoms with Gasteiger partial charge in [-0.15, -0.1) is 0 Å². The van der Waals surface area contributed by atoms with E-state index in [0.29, 0.717) is 0 Å². The van der Waals surface area contributed by atoms with E-state index < -0.39 is 0 Å². The number of hydrogen-bond donors (Lipinski definition) is 1. The SMILES string of the molecule is CCn1cccc1C(=O)N1CCCCC1C(C)N. The first-order valence-corrected chi connectivity index (χ1v) is 6.86. The van der Waals surface area contributed by atoms with E-state index in [4.69, 9.17) is 5.73 Å². The van der Waals surface area contributed by atoms with Crippen LogP contribution in [0.15, 0.2) is 18.3 Å². The number of amides is 1. The maximum absolute atomic E-state index is 12.6. The monoisotopic (exact) mass is 249 g/mol. The molecule has 100 valence electrons. The fourth-order valence-electron chi connectivity index (χ4n) is 2.79. The molecule has 1 aromatic heterocycles. The highest BCUT2D eigenvalue weighted by Crippen LogP contribution is 2.21.